The first-order valence-corrected chi connectivity index (χ1v) is 8.61. The lowest BCUT2D eigenvalue weighted by molar-refractivity contribution is 0.0472. The van der Waals surface area contributed by atoms with Crippen LogP contribution in [0.1, 0.15) is 32.0 Å². The van der Waals surface area contributed by atoms with Crippen molar-refractivity contribution in [2.24, 2.45) is 0 Å². The van der Waals surface area contributed by atoms with E-state index in [9.17, 15) is 9.59 Å². The Balaban J connectivity index is 1.43. The Kier molecular flexibility index (Phi) is 4.72. The third-order valence-electron chi connectivity index (χ3n) is 4.27. The molecule has 0 aliphatic carbocycles. The molecule has 4 rings (SSSR count). The monoisotopic (exact) mass is 379 g/mol. The molecule has 28 heavy (non-hydrogen) atoms. The molecule has 1 amide bonds. The lowest BCUT2D eigenvalue weighted by Crippen LogP contribution is -2.13. The Hall–Kier alpha value is -3.74. The fourth-order valence-electron chi connectivity index (χ4n) is 2.74. The summed E-state index contributed by atoms with van der Waals surface area (Å²) >= 11 is 0. The molecule has 0 spiro atoms. The second-order valence-corrected chi connectivity index (χ2v) is 6.22. The van der Waals surface area contributed by atoms with Crippen LogP contribution in [0.5, 0.6) is 11.5 Å². The number of furan rings is 1. The fraction of sp³-hybridized carbons (Fsp3) is 0.143. The SMILES string of the molecule is Cc1ccc(C(=O)OCc2ccc3c(c2)OCO3)cc1NC(=O)c1ccco1. The minimum Gasteiger partial charge on any atom is -0.459 e. The Morgan fingerprint density at radius 2 is 1.93 bits per heavy atom. The summed E-state index contributed by atoms with van der Waals surface area (Å²) in [6.07, 6.45) is 1.42. The van der Waals surface area contributed by atoms with E-state index in [0.29, 0.717) is 22.7 Å². The molecule has 7 heteroatoms. The zero-order chi connectivity index (χ0) is 19.5. The van der Waals surface area contributed by atoms with Crippen LogP contribution in [0.15, 0.2) is 59.2 Å². The van der Waals surface area contributed by atoms with Crippen LogP contribution in [0.25, 0.3) is 0 Å². The molecule has 7 nitrogen and oxygen atoms in total. The number of fused-ring (bicyclic) bond motifs is 1. The molecule has 2 aromatic carbocycles. The maximum absolute atomic E-state index is 12.4. The number of carbonyl (C=O) groups excluding carboxylic acids is 2. The van der Waals surface area contributed by atoms with E-state index < -0.39 is 5.97 Å². The number of nitrogens with one attached hydrogen (secondary N) is 1. The Morgan fingerprint density at radius 1 is 1.07 bits per heavy atom. The van der Waals surface area contributed by atoms with E-state index in [-0.39, 0.29) is 25.1 Å². The molecule has 142 valence electrons. The Morgan fingerprint density at radius 3 is 2.75 bits per heavy atom. The number of aryl methyl sites for hydroxylation is 1. The highest BCUT2D eigenvalue weighted by molar-refractivity contribution is 6.03. The second kappa shape index (κ2) is 7.48. The number of anilines is 1. The molecule has 0 saturated carbocycles. The van der Waals surface area contributed by atoms with E-state index in [1.54, 1.807) is 42.5 Å². The van der Waals surface area contributed by atoms with E-state index in [0.717, 1.165) is 11.1 Å². The smallest absolute Gasteiger partial charge is 0.338 e. The number of hydrogen-bond acceptors (Lipinski definition) is 6. The zero-order valence-electron chi connectivity index (χ0n) is 15.1. The number of rotatable bonds is 5. The molecule has 0 saturated heterocycles. The third kappa shape index (κ3) is 3.68. The molecule has 1 aliphatic rings. The average Bonchev–Trinajstić information content (AvgIpc) is 3.39. The van der Waals surface area contributed by atoms with Gasteiger partial charge in [0.1, 0.15) is 6.61 Å². The molecule has 3 aromatic rings. The molecule has 0 radical (unpaired) electrons. The predicted octanol–water partition coefficient (Wildman–Crippen LogP) is 3.93. The van der Waals surface area contributed by atoms with Crippen molar-refractivity contribution in [2.45, 2.75) is 13.5 Å². The summed E-state index contributed by atoms with van der Waals surface area (Å²) in [5, 5.41) is 2.74. The molecule has 0 unspecified atom stereocenters. The van der Waals surface area contributed by atoms with Gasteiger partial charge in [-0.15, -0.1) is 0 Å². The average molecular weight is 379 g/mol. The van der Waals surface area contributed by atoms with E-state index in [2.05, 4.69) is 5.32 Å². The van der Waals surface area contributed by atoms with Crippen molar-refractivity contribution in [2.75, 3.05) is 12.1 Å². The first-order valence-electron chi connectivity index (χ1n) is 8.61. The van der Waals surface area contributed by atoms with Crippen molar-refractivity contribution < 1.29 is 28.2 Å². The number of hydrogen-bond donors (Lipinski definition) is 1. The molecular formula is C21H17NO6. The first kappa shape index (κ1) is 17.7. The summed E-state index contributed by atoms with van der Waals surface area (Å²) in [4.78, 5) is 24.6. The summed E-state index contributed by atoms with van der Waals surface area (Å²) in [5.41, 5.74) is 2.45. The molecule has 0 bridgehead atoms. The summed E-state index contributed by atoms with van der Waals surface area (Å²) in [6.45, 7) is 2.12. The minimum absolute atomic E-state index is 0.0947. The van der Waals surface area contributed by atoms with Crippen molar-refractivity contribution in [1.82, 2.24) is 0 Å². The first-order chi connectivity index (χ1) is 13.6. The van der Waals surface area contributed by atoms with Crippen molar-refractivity contribution >= 4 is 17.6 Å². The van der Waals surface area contributed by atoms with Crippen LogP contribution in [0.3, 0.4) is 0 Å². The van der Waals surface area contributed by atoms with Gasteiger partial charge in [0.15, 0.2) is 17.3 Å². The summed E-state index contributed by atoms with van der Waals surface area (Å²) in [7, 11) is 0. The number of esters is 1. The third-order valence-corrected chi connectivity index (χ3v) is 4.27. The highest BCUT2D eigenvalue weighted by Gasteiger charge is 2.16. The Labute approximate surface area is 160 Å². The molecule has 2 heterocycles. The van der Waals surface area contributed by atoms with E-state index in [1.165, 1.54) is 6.26 Å². The van der Waals surface area contributed by atoms with Gasteiger partial charge in [-0.1, -0.05) is 12.1 Å². The topological polar surface area (TPSA) is 87.0 Å². The maximum atomic E-state index is 12.4. The van der Waals surface area contributed by atoms with Crippen molar-refractivity contribution in [3.8, 4) is 11.5 Å². The van der Waals surface area contributed by atoms with E-state index in [4.69, 9.17) is 18.6 Å². The quantitative estimate of drug-likeness (QED) is 0.676. The van der Waals surface area contributed by atoms with E-state index >= 15 is 0 Å². The molecule has 1 aliphatic heterocycles. The van der Waals surface area contributed by atoms with Gasteiger partial charge in [0.2, 0.25) is 6.79 Å². The lowest BCUT2D eigenvalue weighted by Gasteiger charge is -2.10. The normalized spacial score (nSPS) is 11.9. The predicted molar refractivity (Wildman–Crippen MR) is 99.5 cm³/mol. The van der Waals surface area contributed by atoms with Crippen LogP contribution < -0.4 is 14.8 Å². The van der Waals surface area contributed by atoms with Gasteiger partial charge in [-0.3, -0.25) is 4.79 Å². The van der Waals surface area contributed by atoms with Crippen LogP contribution in [-0.2, 0) is 11.3 Å². The summed E-state index contributed by atoms with van der Waals surface area (Å²) in [5.74, 6) is 0.609. The van der Waals surface area contributed by atoms with Crippen molar-refractivity contribution in [3.63, 3.8) is 0 Å². The van der Waals surface area contributed by atoms with Crippen LogP contribution in [0.4, 0.5) is 5.69 Å². The van der Waals surface area contributed by atoms with Crippen LogP contribution in [0.2, 0.25) is 0 Å². The van der Waals surface area contributed by atoms with Crippen LogP contribution in [0, 0.1) is 6.92 Å². The van der Waals surface area contributed by atoms with Crippen LogP contribution in [-0.4, -0.2) is 18.7 Å². The lowest BCUT2D eigenvalue weighted by atomic mass is 10.1. The number of ether oxygens (including phenoxy) is 3. The van der Waals surface area contributed by atoms with Gasteiger partial charge in [0.25, 0.3) is 5.91 Å². The molecule has 0 atom stereocenters. The fourth-order valence-corrected chi connectivity index (χ4v) is 2.74. The molecule has 0 fully saturated rings. The van der Waals surface area contributed by atoms with Crippen molar-refractivity contribution in [3.05, 3.63) is 77.2 Å². The minimum atomic E-state index is -0.494. The van der Waals surface area contributed by atoms with Gasteiger partial charge in [0, 0.05) is 5.69 Å². The maximum Gasteiger partial charge on any atom is 0.338 e. The van der Waals surface area contributed by atoms with Gasteiger partial charge in [0.05, 0.1) is 11.8 Å². The zero-order valence-corrected chi connectivity index (χ0v) is 15.1. The Bertz CT molecular complexity index is 1030. The highest BCUT2D eigenvalue weighted by Crippen LogP contribution is 2.32. The van der Waals surface area contributed by atoms with Gasteiger partial charge in [-0.25, -0.2) is 4.79 Å². The van der Waals surface area contributed by atoms with E-state index in [1.807, 2.05) is 13.0 Å². The summed E-state index contributed by atoms with van der Waals surface area (Å²) < 4.78 is 21.0. The second-order valence-electron chi connectivity index (χ2n) is 6.22. The highest BCUT2D eigenvalue weighted by atomic mass is 16.7. The summed E-state index contributed by atoms with van der Waals surface area (Å²) in [6, 6.07) is 13.5. The van der Waals surface area contributed by atoms with Gasteiger partial charge < -0.3 is 23.9 Å². The van der Waals surface area contributed by atoms with Gasteiger partial charge >= 0.3 is 5.97 Å². The molecular weight excluding hydrogens is 362 g/mol. The number of benzene rings is 2. The van der Waals surface area contributed by atoms with Gasteiger partial charge in [-0.05, 0) is 54.4 Å². The molecule has 1 N–H and O–H groups in total. The number of amides is 1. The van der Waals surface area contributed by atoms with Crippen molar-refractivity contribution in [1.29, 1.82) is 0 Å². The van der Waals surface area contributed by atoms with Crippen LogP contribution >= 0.6 is 0 Å². The largest absolute Gasteiger partial charge is 0.459 e. The molecule has 1 aromatic heterocycles. The standard InChI is InChI=1S/C21H17NO6/c1-13-4-6-15(10-16(13)22-20(23)18-3-2-8-25-18)21(24)26-11-14-5-7-17-19(9-14)28-12-27-17/h2-10H,11-12H2,1H3,(H,22,23). The van der Waals surface area contributed by atoms with Gasteiger partial charge in [-0.2, -0.15) is 0 Å². The number of carbonyl (C=O) groups is 2.